The van der Waals surface area contributed by atoms with Crippen LogP contribution >= 0.6 is 0 Å². The Hall–Kier alpha value is -3.69. The van der Waals surface area contributed by atoms with Gasteiger partial charge in [-0.2, -0.15) is 0 Å². The number of aromatic nitrogens is 2. The number of para-hydroxylation sites is 1. The molecule has 0 bridgehead atoms. The minimum atomic E-state index is -1.99. The van der Waals surface area contributed by atoms with Crippen molar-refractivity contribution in [2.45, 2.75) is 13.1 Å². The first-order valence-electron chi connectivity index (χ1n) is 11.2. The van der Waals surface area contributed by atoms with Crippen molar-refractivity contribution in [2.75, 3.05) is 0 Å². The van der Waals surface area contributed by atoms with Crippen LogP contribution in [0, 0.1) is 0 Å². The predicted octanol–water partition coefficient (Wildman–Crippen LogP) is 6.13. The minimum absolute atomic E-state index is 1.12. The van der Waals surface area contributed by atoms with E-state index in [2.05, 4.69) is 109 Å². The van der Waals surface area contributed by atoms with Crippen LogP contribution in [0.15, 0.2) is 97.2 Å². The number of nitrogens with zero attached hydrogens (tertiary/aromatic N) is 2. The summed E-state index contributed by atoms with van der Waals surface area (Å²) < 4.78 is 2.41. The van der Waals surface area contributed by atoms with Crippen molar-refractivity contribution in [3.05, 3.63) is 97.2 Å². The molecular weight excluding hydrogens is 404 g/mol. The Bertz CT molecular complexity index is 1690. The van der Waals surface area contributed by atoms with E-state index in [-0.39, 0.29) is 0 Å². The molecule has 0 radical (unpaired) electrons. The summed E-state index contributed by atoms with van der Waals surface area (Å²) in [6.07, 6.45) is 1.98. The van der Waals surface area contributed by atoms with Crippen LogP contribution in [0.5, 0.6) is 0 Å². The first kappa shape index (κ1) is 17.9. The normalized spacial score (nSPS) is 14.2. The minimum Gasteiger partial charge on any atom is -0.309 e. The summed E-state index contributed by atoms with van der Waals surface area (Å²) in [5, 5.41) is 8.23. The van der Waals surface area contributed by atoms with Crippen molar-refractivity contribution >= 4 is 51.0 Å². The summed E-state index contributed by atoms with van der Waals surface area (Å²) in [7, 11) is -1.99. The lowest BCUT2D eigenvalue weighted by molar-refractivity contribution is 1.17. The van der Waals surface area contributed by atoms with Crippen molar-refractivity contribution in [3.63, 3.8) is 0 Å². The number of hydrogen-bond acceptors (Lipinski definition) is 1. The van der Waals surface area contributed by atoms with Crippen LogP contribution in [0.25, 0.3) is 49.5 Å². The molecule has 0 spiro atoms. The molecule has 2 aromatic heterocycles. The molecule has 4 aromatic carbocycles. The van der Waals surface area contributed by atoms with E-state index in [0.717, 1.165) is 5.69 Å². The number of benzene rings is 4. The van der Waals surface area contributed by atoms with E-state index >= 15 is 0 Å². The van der Waals surface area contributed by atoms with Gasteiger partial charge in [0.05, 0.1) is 16.7 Å². The van der Waals surface area contributed by atoms with E-state index in [4.69, 9.17) is 4.98 Å². The van der Waals surface area contributed by atoms with Gasteiger partial charge < -0.3 is 4.57 Å². The molecule has 32 heavy (non-hydrogen) atoms. The van der Waals surface area contributed by atoms with Crippen LogP contribution in [0.2, 0.25) is 13.1 Å². The maximum Gasteiger partial charge on any atom is 0.114 e. The molecular formula is C29H22N2Si. The molecule has 7 rings (SSSR count). The third kappa shape index (κ3) is 2.21. The summed E-state index contributed by atoms with van der Waals surface area (Å²) in [4.78, 5) is 5.01. The standard InChI is InChI=1S/C29H22N2Si/c1-32(2)25-14-8-13-23-27(25)28-24(31(23)21-11-4-3-5-12-21)15-16-30-29(28)22-17-19-9-6-7-10-20(19)18-26(22)32/h3-18H,1-2H3. The molecule has 3 heteroatoms. The second kappa shape index (κ2) is 6.18. The fourth-order valence-electron chi connectivity index (χ4n) is 5.68. The highest BCUT2D eigenvalue weighted by Crippen LogP contribution is 2.40. The second-order valence-corrected chi connectivity index (χ2v) is 13.6. The topological polar surface area (TPSA) is 17.8 Å². The van der Waals surface area contributed by atoms with E-state index in [0.29, 0.717) is 0 Å². The van der Waals surface area contributed by atoms with Gasteiger partial charge in [-0.1, -0.05) is 73.8 Å². The average Bonchev–Trinajstić information content (AvgIpc) is 3.14. The van der Waals surface area contributed by atoms with E-state index in [1.165, 1.54) is 54.2 Å². The molecule has 0 amide bonds. The Morgan fingerprint density at radius 2 is 1.38 bits per heavy atom. The Morgan fingerprint density at radius 3 is 2.19 bits per heavy atom. The zero-order valence-corrected chi connectivity index (χ0v) is 19.1. The van der Waals surface area contributed by atoms with Gasteiger partial charge in [-0.05, 0) is 51.5 Å². The Kier molecular flexibility index (Phi) is 3.46. The quantitative estimate of drug-likeness (QED) is 0.289. The maximum atomic E-state index is 5.01. The zero-order valence-electron chi connectivity index (χ0n) is 18.1. The number of fused-ring (bicyclic) bond motifs is 3. The first-order valence-corrected chi connectivity index (χ1v) is 14.2. The van der Waals surface area contributed by atoms with Crippen molar-refractivity contribution < 1.29 is 0 Å². The molecule has 1 aliphatic heterocycles. The van der Waals surface area contributed by atoms with Gasteiger partial charge in [-0.3, -0.25) is 4.98 Å². The van der Waals surface area contributed by atoms with E-state index in [9.17, 15) is 0 Å². The van der Waals surface area contributed by atoms with Crippen LogP contribution in [0.1, 0.15) is 0 Å². The fraction of sp³-hybridized carbons (Fsp3) is 0.0690. The molecule has 3 heterocycles. The molecule has 0 N–H and O–H groups in total. The van der Waals surface area contributed by atoms with Crippen LogP contribution in [-0.2, 0) is 0 Å². The highest BCUT2D eigenvalue weighted by molar-refractivity contribution is 7.03. The van der Waals surface area contributed by atoms with E-state index < -0.39 is 8.07 Å². The van der Waals surface area contributed by atoms with Gasteiger partial charge >= 0.3 is 0 Å². The Balaban J connectivity index is 1.74. The molecule has 6 aromatic rings. The monoisotopic (exact) mass is 426 g/mol. The third-order valence-corrected chi connectivity index (χ3v) is 10.7. The molecule has 152 valence electrons. The van der Waals surface area contributed by atoms with Crippen LogP contribution < -0.4 is 10.4 Å². The predicted molar refractivity (Wildman–Crippen MR) is 138 cm³/mol. The molecule has 0 fully saturated rings. The first-order chi connectivity index (χ1) is 15.6. The zero-order chi connectivity index (χ0) is 21.4. The average molecular weight is 427 g/mol. The third-order valence-electron chi connectivity index (χ3n) is 7.21. The van der Waals surface area contributed by atoms with Crippen molar-refractivity contribution in [3.8, 4) is 16.9 Å². The van der Waals surface area contributed by atoms with Crippen molar-refractivity contribution in [2.24, 2.45) is 0 Å². The van der Waals surface area contributed by atoms with Gasteiger partial charge in [0.25, 0.3) is 0 Å². The van der Waals surface area contributed by atoms with Crippen molar-refractivity contribution in [1.82, 2.24) is 9.55 Å². The summed E-state index contributed by atoms with van der Waals surface area (Å²) in [6, 6.07) is 33.3. The molecule has 0 atom stereocenters. The van der Waals surface area contributed by atoms with Crippen LogP contribution in [0.4, 0.5) is 0 Å². The van der Waals surface area contributed by atoms with Gasteiger partial charge in [0.2, 0.25) is 0 Å². The summed E-state index contributed by atoms with van der Waals surface area (Å²) in [5.74, 6) is 0. The van der Waals surface area contributed by atoms with Gasteiger partial charge in [-0.25, -0.2) is 0 Å². The Morgan fingerprint density at radius 1 is 0.656 bits per heavy atom. The Labute approximate surface area is 187 Å². The molecule has 0 unspecified atom stereocenters. The summed E-state index contributed by atoms with van der Waals surface area (Å²) in [6.45, 7) is 4.99. The largest absolute Gasteiger partial charge is 0.309 e. The van der Waals surface area contributed by atoms with E-state index in [1.54, 1.807) is 0 Å². The summed E-state index contributed by atoms with van der Waals surface area (Å²) in [5.41, 5.74) is 6.12. The molecule has 0 saturated heterocycles. The molecule has 0 aliphatic carbocycles. The van der Waals surface area contributed by atoms with Gasteiger partial charge in [0, 0.05) is 28.2 Å². The molecule has 1 aliphatic rings. The van der Waals surface area contributed by atoms with E-state index in [1.807, 2.05) is 6.20 Å². The molecule has 0 saturated carbocycles. The molecule has 2 nitrogen and oxygen atoms in total. The number of rotatable bonds is 1. The van der Waals surface area contributed by atoms with Crippen molar-refractivity contribution in [1.29, 1.82) is 0 Å². The highest BCUT2D eigenvalue weighted by atomic mass is 28.3. The summed E-state index contributed by atoms with van der Waals surface area (Å²) >= 11 is 0. The highest BCUT2D eigenvalue weighted by Gasteiger charge is 2.36. The second-order valence-electron chi connectivity index (χ2n) is 9.29. The lowest BCUT2D eigenvalue weighted by atomic mass is 10.0. The fourth-order valence-corrected chi connectivity index (χ4v) is 8.74. The van der Waals surface area contributed by atoms with Gasteiger partial charge in [0.15, 0.2) is 0 Å². The van der Waals surface area contributed by atoms with Gasteiger partial charge in [-0.15, -0.1) is 0 Å². The number of pyridine rings is 1. The van der Waals surface area contributed by atoms with Gasteiger partial charge in [0.1, 0.15) is 8.07 Å². The van der Waals surface area contributed by atoms with Crippen LogP contribution in [0.3, 0.4) is 0 Å². The lowest BCUT2D eigenvalue weighted by Gasteiger charge is -2.26. The number of hydrogen-bond donors (Lipinski definition) is 0. The van der Waals surface area contributed by atoms with Crippen LogP contribution in [-0.4, -0.2) is 17.6 Å². The SMILES string of the molecule is C[Si]1(C)c2cc3ccccc3cc2-c2nccc3c2c2c1cccc2n3-c1ccccc1. The smallest absolute Gasteiger partial charge is 0.114 e. The lowest BCUT2D eigenvalue weighted by Crippen LogP contribution is -2.53. The maximum absolute atomic E-state index is 5.01.